The van der Waals surface area contributed by atoms with Crippen molar-refractivity contribution in [2.75, 3.05) is 25.0 Å². The molecule has 0 saturated carbocycles. The summed E-state index contributed by atoms with van der Waals surface area (Å²) in [6.07, 6.45) is 1.06. The zero-order chi connectivity index (χ0) is 13.8. The molecule has 1 saturated heterocycles. The van der Waals surface area contributed by atoms with E-state index in [1.165, 1.54) is 0 Å². The molecule has 1 aromatic rings. The van der Waals surface area contributed by atoms with Crippen LogP contribution >= 0.6 is 0 Å². The molecule has 1 aliphatic rings. The summed E-state index contributed by atoms with van der Waals surface area (Å²) in [6.45, 7) is 5.91. The number of aliphatic hydroxyl groups is 1. The molecule has 2 rings (SSSR count). The number of nitrogens with one attached hydrogen (secondary N) is 1. The first-order chi connectivity index (χ1) is 9.10. The molecule has 0 spiro atoms. The number of likely N-dealkylation sites (tertiary alicyclic amines) is 1. The summed E-state index contributed by atoms with van der Waals surface area (Å²) >= 11 is 0. The van der Waals surface area contributed by atoms with Gasteiger partial charge in [0, 0.05) is 30.9 Å². The summed E-state index contributed by atoms with van der Waals surface area (Å²) in [5, 5.41) is 12.6. The van der Waals surface area contributed by atoms with Crippen LogP contribution < -0.4 is 5.32 Å². The van der Waals surface area contributed by atoms with Gasteiger partial charge >= 0.3 is 0 Å². The van der Waals surface area contributed by atoms with Gasteiger partial charge < -0.3 is 15.3 Å². The number of carbonyl (C=O) groups is 1. The van der Waals surface area contributed by atoms with Gasteiger partial charge in [0.25, 0.3) is 5.91 Å². The average Bonchev–Trinajstić information content (AvgIpc) is 2.38. The number of rotatable bonds is 3. The van der Waals surface area contributed by atoms with E-state index in [1.807, 2.05) is 19.9 Å². The Morgan fingerprint density at radius 2 is 2.16 bits per heavy atom. The van der Waals surface area contributed by atoms with E-state index >= 15 is 0 Å². The van der Waals surface area contributed by atoms with Gasteiger partial charge in [0.15, 0.2) is 0 Å². The van der Waals surface area contributed by atoms with E-state index < -0.39 is 0 Å². The van der Waals surface area contributed by atoms with Crippen LogP contribution in [0.4, 0.5) is 5.82 Å². The molecular weight excluding hydrogens is 242 g/mol. The highest BCUT2D eigenvalue weighted by molar-refractivity contribution is 5.95. The number of carbonyl (C=O) groups excluding carboxylic acids is 1. The highest BCUT2D eigenvalue weighted by Crippen LogP contribution is 2.16. The molecule has 1 amide bonds. The Hall–Kier alpha value is -1.62. The molecular formula is C14H21N3O2. The summed E-state index contributed by atoms with van der Waals surface area (Å²) in [6, 6.07) is 3.61. The minimum absolute atomic E-state index is 0.0246. The number of pyridine rings is 1. The van der Waals surface area contributed by atoms with Crippen molar-refractivity contribution in [3.05, 3.63) is 23.4 Å². The molecule has 1 aromatic heterocycles. The molecule has 2 N–H and O–H groups in total. The van der Waals surface area contributed by atoms with Gasteiger partial charge in [-0.25, -0.2) is 4.98 Å². The zero-order valence-corrected chi connectivity index (χ0v) is 11.5. The van der Waals surface area contributed by atoms with E-state index in [0.29, 0.717) is 31.5 Å². The Morgan fingerprint density at radius 1 is 1.47 bits per heavy atom. The highest BCUT2D eigenvalue weighted by Gasteiger charge is 2.22. The van der Waals surface area contributed by atoms with E-state index in [2.05, 4.69) is 10.3 Å². The Morgan fingerprint density at radius 3 is 2.79 bits per heavy atom. The van der Waals surface area contributed by atoms with Crippen molar-refractivity contribution in [1.82, 2.24) is 9.88 Å². The third-order valence-electron chi connectivity index (χ3n) is 3.31. The Labute approximate surface area is 113 Å². The zero-order valence-electron chi connectivity index (χ0n) is 11.5. The number of aromatic nitrogens is 1. The maximum Gasteiger partial charge on any atom is 0.254 e. The fourth-order valence-corrected chi connectivity index (χ4v) is 2.32. The molecule has 1 fully saturated rings. The molecule has 0 aliphatic carbocycles. The Bertz CT molecular complexity index is 454. The van der Waals surface area contributed by atoms with Crippen LogP contribution in [0.25, 0.3) is 0 Å². The van der Waals surface area contributed by atoms with E-state index in [0.717, 1.165) is 18.1 Å². The van der Waals surface area contributed by atoms with Crippen molar-refractivity contribution >= 4 is 11.7 Å². The first-order valence-electron chi connectivity index (χ1n) is 6.80. The first-order valence-corrected chi connectivity index (χ1v) is 6.80. The predicted molar refractivity (Wildman–Crippen MR) is 74.3 cm³/mol. The molecule has 0 radical (unpaired) electrons. The topological polar surface area (TPSA) is 65.5 Å². The van der Waals surface area contributed by atoms with E-state index in [1.54, 1.807) is 11.0 Å². The van der Waals surface area contributed by atoms with Gasteiger partial charge in [0.1, 0.15) is 5.82 Å². The largest absolute Gasteiger partial charge is 0.393 e. The summed E-state index contributed by atoms with van der Waals surface area (Å²) in [7, 11) is 0. The minimum atomic E-state index is -0.263. The van der Waals surface area contributed by atoms with Gasteiger partial charge in [-0.15, -0.1) is 0 Å². The summed E-state index contributed by atoms with van der Waals surface area (Å²) in [4.78, 5) is 18.5. The van der Waals surface area contributed by atoms with Crippen LogP contribution in [-0.4, -0.2) is 46.6 Å². The minimum Gasteiger partial charge on any atom is -0.393 e. The smallest absolute Gasteiger partial charge is 0.254 e. The normalized spacial score (nSPS) is 16.5. The second-order valence-corrected chi connectivity index (χ2v) is 4.94. The number of nitrogens with zero attached hydrogens (tertiary/aromatic N) is 2. The monoisotopic (exact) mass is 263 g/mol. The van der Waals surface area contributed by atoms with E-state index in [4.69, 9.17) is 0 Å². The number of piperidine rings is 1. The number of hydrogen-bond donors (Lipinski definition) is 2. The van der Waals surface area contributed by atoms with Crippen LogP contribution in [-0.2, 0) is 0 Å². The molecule has 0 atom stereocenters. The third-order valence-corrected chi connectivity index (χ3v) is 3.31. The molecule has 104 valence electrons. The maximum atomic E-state index is 12.4. The predicted octanol–water partition coefficient (Wildman–Crippen LogP) is 1.42. The number of aliphatic hydroxyl groups excluding tert-OH is 1. The lowest BCUT2D eigenvalue weighted by Gasteiger charge is -2.29. The lowest BCUT2D eigenvalue weighted by atomic mass is 10.1. The van der Waals surface area contributed by atoms with Crippen LogP contribution in [0.3, 0.4) is 0 Å². The average molecular weight is 263 g/mol. The second-order valence-electron chi connectivity index (χ2n) is 4.94. The number of aryl methyl sites for hydroxylation is 1. The third kappa shape index (κ3) is 3.44. The molecule has 0 unspecified atom stereocenters. The van der Waals surface area contributed by atoms with Crippen molar-refractivity contribution < 1.29 is 9.90 Å². The molecule has 1 aliphatic heterocycles. The lowest BCUT2D eigenvalue weighted by molar-refractivity contribution is 0.0546. The Kier molecular flexibility index (Phi) is 4.37. The fourth-order valence-electron chi connectivity index (χ4n) is 2.32. The molecule has 5 heteroatoms. The molecule has 5 nitrogen and oxygen atoms in total. The van der Waals surface area contributed by atoms with Crippen LogP contribution in [0, 0.1) is 6.92 Å². The number of amides is 1. The summed E-state index contributed by atoms with van der Waals surface area (Å²) < 4.78 is 0. The maximum absolute atomic E-state index is 12.4. The summed E-state index contributed by atoms with van der Waals surface area (Å²) in [5.41, 5.74) is 1.50. The van der Waals surface area contributed by atoms with Gasteiger partial charge in [0.2, 0.25) is 0 Å². The number of hydrogen-bond acceptors (Lipinski definition) is 4. The fraction of sp³-hybridized carbons (Fsp3) is 0.571. The van der Waals surface area contributed by atoms with Crippen LogP contribution in [0.5, 0.6) is 0 Å². The van der Waals surface area contributed by atoms with Gasteiger partial charge in [-0.2, -0.15) is 0 Å². The van der Waals surface area contributed by atoms with Crippen molar-refractivity contribution in [2.24, 2.45) is 0 Å². The Balaban J connectivity index is 2.14. The van der Waals surface area contributed by atoms with Crippen LogP contribution in [0.2, 0.25) is 0 Å². The lowest BCUT2D eigenvalue weighted by Crippen LogP contribution is -2.40. The summed E-state index contributed by atoms with van der Waals surface area (Å²) in [5.74, 6) is 0.763. The van der Waals surface area contributed by atoms with Gasteiger partial charge in [0.05, 0.1) is 6.10 Å². The van der Waals surface area contributed by atoms with Crippen LogP contribution in [0.1, 0.15) is 35.8 Å². The molecule has 0 aromatic carbocycles. The van der Waals surface area contributed by atoms with Crippen LogP contribution in [0.15, 0.2) is 12.1 Å². The van der Waals surface area contributed by atoms with Gasteiger partial charge in [-0.3, -0.25) is 4.79 Å². The molecule has 0 bridgehead atoms. The standard InChI is InChI=1S/C14H21N3O2/c1-3-15-13-9-11(8-10(2)16-13)14(19)17-6-4-12(18)5-7-17/h8-9,12,18H,3-7H2,1-2H3,(H,15,16). The van der Waals surface area contributed by atoms with Crippen molar-refractivity contribution in [2.45, 2.75) is 32.8 Å². The molecule has 2 heterocycles. The first kappa shape index (κ1) is 13.8. The quantitative estimate of drug-likeness (QED) is 0.865. The van der Waals surface area contributed by atoms with E-state index in [-0.39, 0.29) is 12.0 Å². The van der Waals surface area contributed by atoms with Crippen molar-refractivity contribution in [3.63, 3.8) is 0 Å². The SMILES string of the molecule is CCNc1cc(C(=O)N2CCC(O)CC2)cc(C)n1. The highest BCUT2D eigenvalue weighted by atomic mass is 16.3. The van der Waals surface area contributed by atoms with Crippen molar-refractivity contribution in [3.8, 4) is 0 Å². The van der Waals surface area contributed by atoms with Gasteiger partial charge in [-0.05, 0) is 38.8 Å². The van der Waals surface area contributed by atoms with Gasteiger partial charge in [-0.1, -0.05) is 0 Å². The van der Waals surface area contributed by atoms with E-state index in [9.17, 15) is 9.90 Å². The number of anilines is 1. The second kappa shape index (κ2) is 6.02. The van der Waals surface area contributed by atoms with Crippen molar-refractivity contribution in [1.29, 1.82) is 0 Å². The molecule has 19 heavy (non-hydrogen) atoms.